The van der Waals surface area contributed by atoms with Gasteiger partial charge in [-0.15, -0.1) is 11.3 Å². The molecule has 1 amide bonds. The van der Waals surface area contributed by atoms with E-state index in [1.165, 1.54) is 0 Å². The molecule has 0 spiro atoms. The van der Waals surface area contributed by atoms with Crippen molar-refractivity contribution in [2.24, 2.45) is 0 Å². The Bertz CT molecular complexity index is 887. The zero-order chi connectivity index (χ0) is 18.4. The van der Waals surface area contributed by atoms with Crippen LogP contribution in [-0.4, -0.2) is 10.9 Å². The fraction of sp³-hybridized carbons (Fsp3) is 0.143. The summed E-state index contributed by atoms with van der Waals surface area (Å²) in [7, 11) is 0. The molecule has 1 N–H and O–H groups in total. The maximum Gasteiger partial charge on any atom is 0.244 e. The summed E-state index contributed by atoms with van der Waals surface area (Å²) in [6.45, 7) is 3.88. The molecule has 0 aliphatic heterocycles. The topological polar surface area (TPSA) is 51.2 Å². The van der Waals surface area contributed by atoms with Gasteiger partial charge in [0.15, 0.2) is 0 Å². The molecule has 0 aliphatic rings. The number of hydrogen-bond acceptors (Lipinski definition) is 4. The Morgan fingerprint density at radius 3 is 2.81 bits per heavy atom. The number of aromatic nitrogens is 1. The predicted molar refractivity (Wildman–Crippen MR) is 105 cm³/mol. The third-order valence-corrected chi connectivity index (χ3v) is 4.62. The molecule has 1 aromatic carbocycles. The summed E-state index contributed by atoms with van der Waals surface area (Å²) in [5.41, 5.74) is 1.92. The van der Waals surface area contributed by atoms with Crippen molar-refractivity contribution < 1.29 is 9.53 Å². The average Bonchev–Trinajstić information content (AvgIpc) is 3.16. The van der Waals surface area contributed by atoms with E-state index in [2.05, 4.69) is 10.3 Å². The second kappa shape index (κ2) is 8.45. The lowest BCUT2D eigenvalue weighted by molar-refractivity contribution is -0.117. The molecular weight excluding hydrogens is 344 g/mol. The van der Waals surface area contributed by atoms with Gasteiger partial charge in [-0.05, 0) is 61.2 Å². The second-order valence-corrected chi connectivity index (χ2v) is 6.87. The van der Waals surface area contributed by atoms with Gasteiger partial charge >= 0.3 is 0 Å². The van der Waals surface area contributed by atoms with Gasteiger partial charge in [0.25, 0.3) is 0 Å². The van der Waals surface area contributed by atoms with E-state index in [0.717, 1.165) is 16.1 Å². The summed E-state index contributed by atoms with van der Waals surface area (Å²) in [5, 5.41) is 4.95. The summed E-state index contributed by atoms with van der Waals surface area (Å²) in [6.07, 6.45) is 5.07. The summed E-state index contributed by atoms with van der Waals surface area (Å²) in [4.78, 5) is 17.4. The van der Waals surface area contributed by atoms with E-state index in [4.69, 9.17) is 4.74 Å². The minimum atomic E-state index is -0.129. The van der Waals surface area contributed by atoms with Crippen LogP contribution in [0.5, 0.6) is 11.5 Å². The molecule has 3 rings (SSSR count). The van der Waals surface area contributed by atoms with Crippen molar-refractivity contribution in [1.29, 1.82) is 0 Å². The number of pyridine rings is 1. The van der Waals surface area contributed by atoms with Crippen LogP contribution in [0.25, 0.3) is 6.08 Å². The van der Waals surface area contributed by atoms with E-state index in [9.17, 15) is 4.79 Å². The third kappa shape index (κ3) is 5.04. The molecule has 2 heterocycles. The van der Waals surface area contributed by atoms with Gasteiger partial charge in [0.2, 0.25) is 5.91 Å². The predicted octanol–water partition coefficient (Wildman–Crippen LogP) is 5.13. The Kier molecular flexibility index (Phi) is 5.81. The van der Waals surface area contributed by atoms with Gasteiger partial charge in [0.1, 0.15) is 11.5 Å². The van der Waals surface area contributed by atoms with Crippen molar-refractivity contribution in [3.05, 3.63) is 82.3 Å². The van der Waals surface area contributed by atoms with Gasteiger partial charge in [-0.25, -0.2) is 0 Å². The van der Waals surface area contributed by atoms with Crippen molar-refractivity contribution >= 4 is 23.3 Å². The van der Waals surface area contributed by atoms with Crippen molar-refractivity contribution in [2.75, 3.05) is 0 Å². The number of nitrogens with zero attached hydrogens (tertiary/aromatic N) is 1. The van der Waals surface area contributed by atoms with Crippen molar-refractivity contribution in [3.63, 3.8) is 0 Å². The number of nitrogens with one attached hydrogen (secondary N) is 1. The molecule has 0 saturated carbocycles. The zero-order valence-corrected chi connectivity index (χ0v) is 15.5. The molecule has 132 valence electrons. The number of ether oxygens (including phenoxy) is 1. The SMILES string of the molecule is Cc1ccc(Oc2cccc([C@@H](C)NC(=O)/C=C/c3cccs3)c2)cn1. The van der Waals surface area contributed by atoms with Crippen LogP contribution in [0, 0.1) is 6.92 Å². The fourth-order valence-corrected chi connectivity index (χ4v) is 3.00. The zero-order valence-electron chi connectivity index (χ0n) is 14.7. The van der Waals surface area contributed by atoms with Gasteiger partial charge in [-0.2, -0.15) is 0 Å². The standard InChI is InChI=1S/C21H20N2O2S/c1-15-8-9-19(14-22-15)25-18-6-3-5-17(13-18)16(2)23-21(24)11-10-20-7-4-12-26-20/h3-14,16H,1-2H3,(H,23,24)/b11-10+/t16-/m1/s1. The normalized spacial score (nSPS) is 12.1. The highest BCUT2D eigenvalue weighted by molar-refractivity contribution is 7.10. The Balaban J connectivity index is 1.63. The maximum absolute atomic E-state index is 12.1. The monoisotopic (exact) mass is 364 g/mol. The first kappa shape index (κ1) is 17.9. The minimum Gasteiger partial charge on any atom is -0.456 e. The van der Waals surface area contributed by atoms with Crippen LogP contribution in [0.2, 0.25) is 0 Å². The first-order valence-corrected chi connectivity index (χ1v) is 9.21. The van der Waals surface area contributed by atoms with Gasteiger partial charge < -0.3 is 10.1 Å². The number of carbonyl (C=O) groups excluding carboxylic acids is 1. The minimum absolute atomic E-state index is 0.125. The maximum atomic E-state index is 12.1. The highest BCUT2D eigenvalue weighted by atomic mass is 32.1. The molecule has 5 heteroatoms. The molecule has 0 bridgehead atoms. The van der Waals surface area contributed by atoms with Gasteiger partial charge in [0, 0.05) is 16.6 Å². The van der Waals surface area contributed by atoms with Crippen LogP contribution in [-0.2, 0) is 4.79 Å². The highest BCUT2D eigenvalue weighted by Crippen LogP contribution is 2.24. The highest BCUT2D eigenvalue weighted by Gasteiger charge is 2.09. The average molecular weight is 364 g/mol. The molecule has 0 fully saturated rings. The molecular formula is C21H20N2O2S. The second-order valence-electron chi connectivity index (χ2n) is 5.89. The molecule has 3 aromatic rings. The Morgan fingerprint density at radius 1 is 1.19 bits per heavy atom. The molecule has 0 radical (unpaired) electrons. The fourth-order valence-electron chi connectivity index (χ4n) is 2.39. The summed E-state index contributed by atoms with van der Waals surface area (Å²) in [5.74, 6) is 1.27. The Labute approximate surface area is 157 Å². The number of hydrogen-bond donors (Lipinski definition) is 1. The number of thiophene rings is 1. The number of amides is 1. The number of benzene rings is 1. The number of aryl methyl sites for hydroxylation is 1. The Morgan fingerprint density at radius 2 is 2.08 bits per heavy atom. The van der Waals surface area contributed by atoms with Crippen molar-refractivity contribution in [3.8, 4) is 11.5 Å². The van der Waals surface area contributed by atoms with E-state index in [1.54, 1.807) is 23.6 Å². The summed E-state index contributed by atoms with van der Waals surface area (Å²) >= 11 is 1.60. The molecule has 4 nitrogen and oxygen atoms in total. The molecule has 0 unspecified atom stereocenters. The van der Waals surface area contributed by atoms with E-state index >= 15 is 0 Å². The van der Waals surface area contributed by atoms with E-state index in [-0.39, 0.29) is 11.9 Å². The van der Waals surface area contributed by atoms with E-state index in [1.807, 2.05) is 73.8 Å². The van der Waals surface area contributed by atoms with Crippen molar-refractivity contribution in [2.45, 2.75) is 19.9 Å². The molecule has 0 saturated heterocycles. The Hall–Kier alpha value is -2.92. The van der Waals surface area contributed by atoms with Gasteiger partial charge in [-0.3, -0.25) is 9.78 Å². The first-order chi connectivity index (χ1) is 12.6. The number of rotatable bonds is 6. The molecule has 2 aromatic heterocycles. The lowest BCUT2D eigenvalue weighted by atomic mass is 10.1. The largest absolute Gasteiger partial charge is 0.456 e. The molecule has 1 atom stereocenters. The number of carbonyl (C=O) groups is 1. The lowest BCUT2D eigenvalue weighted by Crippen LogP contribution is -2.24. The molecule has 26 heavy (non-hydrogen) atoms. The molecule has 0 aliphatic carbocycles. The van der Waals surface area contributed by atoms with Crippen LogP contribution in [0.3, 0.4) is 0 Å². The van der Waals surface area contributed by atoms with Crippen LogP contribution in [0.4, 0.5) is 0 Å². The van der Waals surface area contributed by atoms with Crippen LogP contribution < -0.4 is 10.1 Å². The van der Waals surface area contributed by atoms with Gasteiger partial charge in [0.05, 0.1) is 12.2 Å². The van der Waals surface area contributed by atoms with Crippen molar-refractivity contribution in [1.82, 2.24) is 10.3 Å². The third-order valence-electron chi connectivity index (χ3n) is 3.78. The van der Waals surface area contributed by atoms with Gasteiger partial charge in [-0.1, -0.05) is 18.2 Å². The van der Waals surface area contributed by atoms with Crippen LogP contribution in [0.15, 0.2) is 66.2 Å². The summed E-state index contributed by atoms with van der Waals surface area (Å²) in [6, 6.07) is 15.3. The first-order valence-electron chi connectivity index (χ1n) is 8.33. The summed E-state index contributed by atoms with van der Waals surface area (Å²) < 4.78 is 5.84. The lowest BCUT2D eigenvalue weighted by Gasteiger charge is -2.14. The van der Waals surface area contributed by atoms with E-state index < -0.39 is 0 Å². The quantitative estimate of drug-likeness (QED) is 0.617. The van der Waals surface area contributed by atoms with E-state index in [0.29, 0.717) is 11.5 Å². The van der Waals surface area contributed by atoms with Crippen LogP contribution in [0.1, 0.15) is 29.1 Å². The van der Waals surface area contributed by atoms with Crippen LogP contribution >= 0.6 is 11.3 Å². The smallest absolute Gasteiger partial charge is 0.244 e.